The number of rotatable bonds is 7. The third kappa shape index (κ3) is 6.96. The number of nitrogens with one attached hydrogen (secondary N) is 1. The number of benzene rings is 1. The van der Waals surface area contributed by atoms with E-state index in [9.17, 15) is 44.3 Å². The van der Waals surface area contributed by atoms with E-state index in [1.807, 2.05) is 0 Å². The number of amides is 1. The standard InChI is InChI=1S/C26H26F9N3O/c1-15(36-22(39)17-2-3-17)16-4-6-21(7-5-16)38-9-8-23(14-38,26(33,34)35)18-10-19(12-24(27,28)29)37-20(11-18)13-25(30,31)32/h4-7,10-11,15,17H,2-3,8-9,12-14H2,1H3,(H,36,39)/t15-,23?/m0/s1. The summed E-state index contributed by atoms with van der Waals surface area (Å²) in [6, 6.07) is 7.41. The van der Waals surface area contributed by atoms with E-state index in [1.165, 1.54) is 4.90 Å². The second kappa shape index (κ2) is 10.2. The molecule has 1 aliphatic heterocycles. The summed E-state index contributed by atoms with van der Waals surface area (Å²) >= 11 is 0. The number of carbonyl (C=O) groups excluding carboxylic acids is 1. The molecule has 1 saturated heterocycles. The first-order valence-corrected chi connectivity index (χ1v) is 12.3. The van der Waals surface area contributed by atoms with Crippen molar-refractivity contribution in [3.63, 3.8) is 0 Å². The van der Waals surface area contributed by atoms with Crippen LogP contribution in [0.1, 0.15) is 54.7 Å². The van der Waals surface area contributed by atoms with Crippen molar-refractivity contribution in [2.24, 2.45) is 5.92 Å². The topological polar surface area (TPSA) is 45.2 Å². The second-order valence-electron chi connectivity index (χ2n) is 10.3. The van der Waals surface area contributed by atoms with Crippen molar-refractivity contribution in [3.05, 3.63) is 58.9 Å². The van der Waals surface area contributed by atoms with E-state index < -0.39 is 66.7 Å². The highest BCUT2D eigenvalue weighted by molar-refractivity contribution is 5.81. The lowest BCUT2D eigenvalue weighted by atomic mass is 9.78. The highest BCUT2D eigenvalue weighted by Crippen LogP contribution is 2.49. The summed E-state index contributed by atoms with van der Waals surface area (Å²) in [6.07, 6.45) is -17.1. The van der Waals surface area contributed by atoms with Gasteiger partial charge >= 0.3 is 18.5 Å². The Morgan fingerprint density at radius 2 is 1.51 bits per heavy atom. The maximum atomic E-state index is 14.6. The molecule has 1 amide bonds. The van der Waals surface area contributed by atoms with E-state index in [1.54, 1.807) is 31.2 Å². The number of carbonyl (C=O) groups is 1. The van der Waals surface area contributed by atoms with Crippen LogP contribution in [0.15, 0.2) is 36.4 Å². The number of alkyl halides is 9. The summed E-state index contributed by atoms with van der Waals surface area (Å²) in [7, 11) is 0. The maximum Gasteiger partial charge on any atom is 0.400 e. The van der Waals surface area contributed by atoms with Crippen molar-refractivity contribution in [1.82, 2.24) is 10.3 Å². The molecule has 1 saturated carbocycles. The van der Waals surface area contributed by atoms with Crippen molar-refractivity contribution in [2.75, 3.05) is 18.0 Å². The van der Waals surface area contributed by atoms with Gasteiger partial charge in [0.15, 0.2) is 0 Å². The molecule has 2 aromatic rings. The smallest absolute Gasteiger partial charge is 0.370 e. The molecule has 2 atom stereocenters. The lowest BCUT2D eigenvalue weighted by Gasteiger charge is -2.33. The first kappa shape index (κ1) is 29.0. The van der Waals surface area contributed by atoms with Crippen molar-refractivity contribution in [3.8, 4) is 0 Å². The Balaban J connectivity index is 1.62. The minimum absolute atomic E-state index is 0.00768. The molecular weight excluding hydrogens is 541 g/mol. The predicted octanol–water partition coefficient (Wildman–Crippen LogP) is 6.59. The lowest BCUT2D eigenvalue weighted by Crippen LogP contribution is -2.45. The van der Waals surface area contributed by atoms with Gasteiger partial charge in [-0.2, -0.15) is 39.5 Å². The van der Waals surface area contributed by atoms with Crippen LogP contribution in [0.3, 0.4) is 0 Å². The van der Waals surface area contributed by atoms with Crippen LogP contribution in [0.25, 0.3) is 0 Å². The van der Waals surface area contributed by atoms with Gasteiger partial charge in [0.2, 0.25) is 5.91 Å². The molecule has 13 heteroatoms. The second-order valence-corrected chi connectivity index (χ2v) is 10.3. The van der Waals surface area contributed by atoms with Gasteiger partial charge in [-0.3, -0.25) is 9.78 Å². The molecule has 1 N–H and O–H groups in total. The molecule has 0 bridgehead atoms. The highest BCUT2D eigenvalue weighted by atomic mass is 19.4. The number of aromatic nitrogens is 1. The molecule has 0 spiro atoms. The summed E-state index contributed by atoms with van der Waals surface area (Å²) in [5.74, 6) is -0.0542. The predicted molar refractivity (Wildman–Crippen MR) is 124 cm³/mol. The third-order valence-electron chi connectivity index (χ3n) is 7.12. The molecular formula is C26H26F9N3O. The quantitative estimate of drug-likeness (QED) is 0.384. The Bertz CT molecular complexity index is 1150. The van der Waals surface area contributed by atoms with Crippen LogP contribution >= 0.6 is 0 Å². The number of hydrogen-bond acceptors (Lipinski definition) is 3. The van der Waals surface area contributed by atoms with Gasteiger partial charge in [0.1, 0.15) is 5.41 Å². The largest absolute Gasteiger partial charge is 0.400 e. The first-order valence-electron chi connectivity index (χ1n) is 12.3. The number of anilines is 1. The van der Waals surface area contributed by atoms with Crippen LogP contribution < -0.4 is 10.2 Å². The zero-order valence-corrected chi connectivity index (χ0v) is 20.8. The van der Waals surface area contributed by atoms with Gasteiger partial charge in [0.05, 0.1) is 18.9 Å². The van der Waals surface area contributed by atoms with Crippen LogP contribution in [0, 0.1) is 5.92 Å². The van der Waals surface area contributed by atoms with Crippen LogP contribution in [0.5, 0.6) is 0 Å². The van der Waals surface area contributed by atoms with E-state index in [0.29, 0.717) is 17.8 Å². The molecule has 4 nitrogen and oxygen atoms in total. The van der Waals surface area contributed by atoms with Crippen molar-refractivity contribution in [1.29, 1.82) is 0 Å². The zero-order chi connectivity index (χ0) is 28.8. The normalized spacial score (nSPS) is 21.2. The molecule has 4 rings (SSSR count). The first-order chi connectivity index (χ1) is 18.0. The summed E-state index contributed by atoms with van der Waals surface area (Å²) in [5.41, 5.74) is -4.01. The van der Waals surface area contributed by atoms with E-state index in [2.05, 4.69) is 10.3 Å². The average Bonchev–Trinajstić information content (AvgIpc) is 3.53. The van der Waals surface area contributed by atoms with E-state index in [4.69, 9.17) is 0 Å². The number of hydrogen-bond donors (Lipinski definition) is 1. The van der Waals surface area contributed by atoms with Crippen LogP contribution in [0.2, 0.25) is 0 Å². The van der Waals surface area contributed by atoms with Gasteiger partial charge in [0.25, 0.3) is 0 Å². The Hall–Kier alpha value is -2.99. The summed E-state index contributed by atoms with van der Waals surface area (Å²) in [5, 5.41) is 2.88. The Kier molecular flexibility index (Phi) is 7.59. The summed E-state index contributed by atoms with van der Waals surface area (Å²) in [4.78, 5) is 16.8. The Morgan fingerprint density at radius 3 is 1.97 bits per heavy atom. The maximum absolute atomic E-state index is 14.6. The lowest BCUT2D eigenvalue weighted by molar-refractivity contribution is -0.184. The Morgan fingerprint density at radius 1 is 0.974 bits per heavy atom. The zero-order valence-electron chi connectivity index (χ0n) is 20.8. The minimum Gasteiger partial charge on any atom is -0.370 e. The molecule has 0 radical (unpaired) electrons. The van der Waals surface area contributed by atoms with E-state index >= 15 is 0 Å². The monoisotopic (exact) mass is 567 g/mol. The molecule has 1 aliphatic carbocycles. The molecule has 214 valence electrons. The SMILES string of the molecule is C[C@H](NC(=O)C1CC1)c1ccc(N2CCC(c3cc(CC(F)(F)F)nc(CC(F)(F)F)c3)(C(F)(F)F)C2)cc1. The number of halogens is 9. The van der Waals surface area contributed by atoms with Crippen molar-refractivity contribution in [2.45, 2.75) is 69.0 Å². The average molecular weight is 567 g/mol. The molecule has 2 fully saturated rings. The van der Waals surface area contributed by atoms with Gasteiger partial charge in [-0.05, 0) is 61.6 Å². The summed E-state index contributed by atoms with van der Waals surface area (Å²) in [6.45, 7) is 0.962. The van der Waals surface area contributed by atoms with Crippen LogP contribution in [-0.4, -0.2) is 42.5 Å². The Labute approximate surface area is 218 Å². The fourth-order valence-electron chi connectivity index (χ4n) is 4.91. The highest BCUT2D eigenvalue weighted by Gasteiger charge is 2.59. The van der Waals surface area contributed by atoms with Crippen LogP contribution in [0.4, 0.5) is 45.2 Å². The van der Waals surface area contributed by atoms with Gasteiger partial charge in [-0.25, -0.2) is 0 Å². The van der Waals surface area contributed by atoms with Gasteiger partial charge in [-0.15, -0.1) is 0 Å². The fraction of sp³-hybridized carbons (Fsp3) is 0.538. The summed E-state index contributed by atoms with van der Waals surface area (Å²) < 4.78 is 122. The fourth-order valence-corrected chi connectivity index (χ4v) is 4.91. The van der Waals surface area contributed by atoms with Crippen molar-refractivity contribution < 1.29 is 44.3 Å². The molecule has 1 aromatic heterocycles. The molecule has 1 unspecified atom stereocenters. The molecule has 39 heavy (non-hydrogen) atoms. The van der Waals surface area contributed by atoms with E-state index in [-0.39, 0.29) is 24.4 Å². The van der Waals surface area contributed by atoms with Crippen molar-refractivity contribution >= 4 is 11.6 Å². The van der Waals surface area contributed by atoms with Gasteiger partial charge in [-0.1, -0.05) is 12.1 Å². The number of nitrogens with zero attached hydrogens (tertiary/aromatic N) is 2. The minimum atomic E-state index is -4.96. The van der Waals surface area contributed by atoms with Gasteiger partial charge < -0.3 is 10.2 Å². The number of pyridine rings is 1. The molecule has 2 aliphatic rings. The van der Waals surface area contributed by atoms with Gasteiger partial charge in [0, 0.05) is 36.1 Å². The van der Waals surface area contributed by atoms with E-state index in [0.717, 1.165) is 18.4 Å². The third-order valence-corrected chi connectivity index (χ3v) is 7.12. The van der Waals surface area contributed by atoms with Crippen LogP contribution in [-0.2, 0) is 23.1 Å². The molecule has 2 heterocycles. The molecule has 1 aromatic carbocycles.